The summed E-state index contributed by atoms with van der Waals surface area (Å²) in [5.74, 6) is 0.511. The van der Waals surface area contributed by atoms with Crippen LogP contribution in [0.25, 0.3) is 22.2 Å². The van der Waals surface area contributed by atoms with Crippen LogP contribution >= 0.6 is 0 Å². The van der Waals surface area contributed by atoms with Gasteiger partial charge in [0, 0.05) is 18.8 Å². The molecular weight excluding hydrogens is 244 g/mol. The first-order chi connectivity index (χ1) is 9.19. The van der Waals surface area contributed by atoms with Gasteiger partial charge in [-0.05, 0) is 18.2 Å². The fourth-order valence-electron chi connectivity index (χ4n) is 1.99. The molecule has 1 N–H and O–H groups in total. The van der Waals surface area contributed by atoms with E-state index in [1.807, 2.05) is 25.4 Å². The van der Waals surface area contributed by atoms with Crippen molar-refractivity contribution in [3.8, 4) is 22.9 Å². The molecule has 0 bridgehead atoms. The maximum atomic E-state index is 9.84. The Labute approximate surface area is 109 Å². The molecule has 1 aromatic carbocycles. The maximum Gasteiger partial charge on any atom is 0.222 e. The van der Waals surface area contributed by atoms with Gasteiger partial charge < -0.3 is 9.84 Å². The van der Waals surface area contributed by atoms with Crippen LogP contribution in [0.4, 0.5) is 0 Å². The van der Waals surface area contributed by atoms with E-state index in [1.54, 1.807) is 17.9 Å². The molecule has 19 heavy (non-hydrogen) atoms. The van der Waals surface area contributed by atoms with Gasteiger partial charge in [0.1, 0.15) is 17.6 Å². The van der Waals surface area contributed by atoms with Crippen molar-refractivity contribution in [1.82, 2.24) is 19.7 Å². The van der Waals surface area contributed by atoms with E-state index in [9.17, 15) is 5.11 Å². The van der Waals surface area contributed by atoms with Gasteiger partial charge in [0.25, 0.3) is 0 Å². The maximum absolute atomic E-state index is 9.84. The zero-order chi connectivity index (χ0) is 13.4. The molecule has 96 valence electrons. The molecule has 0 aliphatic carbocycles. The highest BCUT2D eigenvalue weighted by Crippen LogP contribution is 2.33. The number of hydrogen-bond acceptors (Lipinski definition) is 5. The highest BCUT2D eigenvalue weighted by Gasteiger charge is 2.12. The quantitative estimate of drug-likeness (QED) is 0.756. The number of methoxy groups -OCH3 is 1. The van der Waals surface area contributed by atoms with Crippen LogP contribution in [0.5, 0.6) is 11.6 Å². The lowest BCUT2D eigenvalue weighted by atomic mass is 10.1. The predicted octanol–water partition coefficient (Wildman–Crippen LogP) is 1.74. The molecule has 0 saturated heterocycles. The molecule has 0 unspecified atom stereocenters. The number of rotatable bonds is 2. The highest BCUT2D eigenvalue weighted by atomic mass is 16.5. The molecule has 0 aliphatic rings. The summed E-state index contributed by atoms with van der Waals surface area (Å²) in [6, 6.07) is 5.54. The van der Waals surface area contributed by atoms with Gasteiger partial charge in [-0.3, -0.25) is 4.68 Å². The van der Waals surface area contributed by atoms with E-state index in [4.69, 9.17) is 4.74 Å². The summed E-state index contributed by atoms with van der Waals surface area (Å²) in [4.78, 5) is 7.92. The van der Waals surface area contributed by atoms with Crippen molar-refractivity contribution >= 4 is 10.9 Å². The van der Waals surface area contributed by atoms with Crippen LogP contribution < -0.4 is 4.74 Å². The number of ether oxygens (including phenoxy) is 1. The Morgan fingerprint density at radius 3 is 2.79 bits per heavy atom. The summed E-state index contributed by atoms with van der Waals surface area (Å²) in [5, 5.41) is 14.7. The fraction of sp³-hybridized carbons (Fsp3) is 0.154. The minimum atomic E-state index is -0.0684. The lowest BCUT2D eigenvalue weighted by molar-refractivity contribution is 0.418. The van der Waals surface area contributed by atoms with Crippen LogP contribution in [-0.4, -0.2) is 32.0 Å². The van der Waals surface area contributed by atoms with Crippen molar-refractivity contribution < 1.29 is 9.84 Å². The molecule has 0 atom stereocenters. The van der Waals surface area contributed by atoms with Gasteiger partial charge in [0.2, 0.25) is 5.88 Å². The number of hydrogen-bond donors (Lipinski definition) is 1. The molecule has 0 radical (unpaired) electrons. The van der Waals surface area contributed by atoms with Crippen LogP contribution in [0.2, 0.25) is 0 Å². The Balaban J connectivity index is 2.30. The lowest BCUT2D eigenvalue weighted by Gasteiger charge is -2.07. The Bertz CT molecular complexity index is 751. The average molecular weight is 256 g/mol. The van der Waals surface area contributed by atoms with E-state index < -0.39 is 0 Å². The molecular formula is C13H12N4O2. The molecule has 0 aliphatic heterocycles. The van der Waals surface area contributed by atoms with E-state index >= 15 is 0 Å². The van der Waals surface area contributed by atoms with Crippen molar-refractivity contribution in [1.29, 1.82) is 0 Å². The summed E-state index contributed by atoms with van der Waals surface area (Å²) in [5.41, 5.74) is 2.22. The zero-order valence-electron chi connectivity index (χ0n) is 10.5. The van der Waals surface area contributed by atoms with Crippen LogP contribution in [0.3, 0.4) is 0 Å². The second-order valence-electron chi connectivity index (χ2n) is 4.15. The number of aromatic nitrogens is 4. The first-order valence-corrected chi connectivity index (χ1v) is 5.71. The molecule has 2 heterocycles. The Hall–Kier alpha value is -2.63. The number of benzene rings is 1. The van der Waals surface area contributed by atoms with Crippen LogP contribution in [0.1, 0.15) is 0 Å². The smallest absolute Gasteiger partial charge is 0.222 e. The monoisotopic (exact) mass is 256 g/mol. The van der Waals surface area contributed by atoms with Gasteiger partial charge in [-0.2, -0.15) is 5.10 Å². The van der Waals surface area contributed by atoms with Crippen LogP contribution in [0.15, 0.2) is 30.7 Å². The largest absolute Gasteiger partial charge is 0.494 e. The third-order valence-corrected chi connectivity index (χ3v) is 2.91. The fourth-order valence-corrected chi connectivity index (χ4v) is 1.99. The number of nitrogens with zero attached hydrogens (tertiary/aromatic N) is 4. The Morgan fingerprint density at radius 1 is 1.26 bits per heavy atom. The van der Waals surface area contributed by atoms with Crippen molar-refractivity contribution in [2.75, 3.05) is 7.11 Å². The Kier molecular flexibility index (Phi) is 2.56. The summed E-state index contributed by atoms with van der Waals surface area (Å²) < 4.78 is 7.03. The second-order valence-corrected chi connectivity index (χ2v) is 4.15. The van der Waals surface area contributed by atoms with Gasteiger partial charge in [-0.15, -0.1) is 0 Å². The van der Waals surface area contributed by atoms with Crippen LogP contribution in [-0.2, 0) is 7.05 Å². The highest BCUT2D eigenvalue weighted by molar-refractivity contribution is 5.92. The molecule has 0 spiro atoms. The normalized spacial score (nSPS) is 10.8. The van der Waals surface area contributed by atoms with E-state index in [1.165, 1.54) is 6.33 Å². The molecule has 6 nitrogen and oxygen atoms in total. The van der Waals surface area contributed by atoms with Gasteiger partial charge in [-0.25, -0.2) is 9.97 Å². The summed E-state index contributed by atoms with van der Waals surface area (Å²) in [6.45, 7) is 0. The first-order valence-electron chi connectivity index (χ1n) is 5.71. The number of aromatic hydroxyl groups is 1. The third kappa shape index (κ3) is 1.87. The Morgan fingerprint density at radius 2 is 2.11 bits per heavy atom. The van der Waals surface area contributed by atoms with Crippen molar-refractivity contribution in [2.24, 2.45) is 7.05 Å². The first kappa shape index (κ1) is 11.5. The van der Waals surface area contributed by atoms with E-state index in [0.29, 0.717) is 16.7 Å². The molecule has 3 aromatic rings. The van der Waals surface area contributed by atoms with Crippen molar-refractivity contribution in [3.05, 3.63) is 30.7 Å². The number of aryl methyl sites for hydroxylation is 1. The molecule has 3 rings (SSSR count). The van der Waals surface area contributed by atoms with E-state index in [0.717, 1.165) is 11.3 Å². The third-order valence-electron chi connectivity index (χ3n) is 2.91. The lowest BCUT2D eigenvalue weighted by Crippen LogP contribution is -1.92. The van der Waals surface area contributed by atoms with Crippen molar-refractivity contribution in [2.45, 2.75) is 0 Å². The minimum absolute atomic E-state index is 0.0684. The average Bonchev–Trinajstić information content (AvgIpc) is 2.85. The van der Waals surface area contributed by atoms with Gasteiger partial charge in [-0.1, -0.05) is 0 Å². The molecule has 0 saturated carbocycles. The summed E-state index contributed by atoms with van der Waals surface area (Å²) in [6.07, 6.45) is 3.16. The van der Waals surface area contributed by atoms with Gasteiger partial charge in [0.15, 0.2) is 0 Å². The molecule has 2 aromatic heterocycles. The van der Waals surface area contributed by atoms with Gasteiger partial charge >= 0.3 is 0 Å². The van der Waals surface area contributed by atoms with Gasteiger partial charge in [0.05, 0.1) is 18.2 Å². The van der Waals surface area contributed by atoms with E-state index in [2.05, 4.69) is 15.1 Å². The zero-order valence-corrected chi connectivity index (χ0v) is 10.5. The second kappa shape index (κ2) is 4.24. The van der Waals surface area contributed by atoms with Crippen LogP contribution in [0, 0.1) is 0 Å². The molecule has 0 amide bonds. The van der Waals surface area contributed by atoms with E-state index in [-0.39, 0.29) is 5.88 Å². The summed E-state index contributed by atoms with van der Waals surface area (Å²) in [7, 11) is 3.42. The topological polar surface area (TPSA) is 73.1 Å². The standard InChI is InChI=1S/C13H12N4O2/c1-17-4-3-10(16-17)8-5-9-12(11(6-8)19-2)14-7-15-13(9)18/h3-7H,1-2H3,(H,14,15,18). The summed E-state index contributed by atoms with van der Waals surface area (Å²) >= 11 is 0. The molecule has 0 fully saturated rings. The number of fused-ring (bicyclic) bond motifs is 1. The van der Waals surface area contributed by atoms with Crippen molar-refractivity contribution in [3.63, 3.8) is 0 Å². The minimum Gasteiger partial charge on any atom is -0.494 e. The SMILES string of the molecule is COc1cc(-c2ccn(C)n2)cc2c(O)ncnc12. The predicted molar refractivity (Wildman–Crippen MR) is 70.0 cm³/mol. The molecule has 6 heteroatoms.